The fraction of sp³-hybridized carbons (Fsp3) is 0.357. The molecule has 0 aliphatic carbocycles. The predicted molar refractivity (Wildman–Crippen MR) is 76.7 cm³/mol. The first-order valence-electron chi connectivity index (χ1n) is 6.48. The third-order valence-corrected chi connectivity index (χ3v) is 2.79. The van der Waals surface area contributed by atoms with Crippen molar-refractivity contribution in [3.05, 3.63) is 29.8 Å². The Balaban J connectivity index is 2.65. The second-order valence-corrected chi connectivity index (χ2v) is 4.60. The molecule has 0 aromatic heterocycles. The molecule has 114 valence electrons. The number of hydrogen-bond donors (Lipinski definition) is 3. The fourth-order valence-electron chi connectivity index (χ4n) is 1.61. The van der Waals surface area contributed by atoms with Gasteiger partial charge in [-0.25, -0.2) is 14.5 Å². The molecule has 3 N–H and O–H groups in total. The monoisotopic (exact) mass is 293 g/mol. The van der Waals surface area contributed by atoms with Crippen LogP contribution in [0.15, 0.2) is 24.3 Å². The number of benzene rings is 1. The molecule has 1 unspecified atom stereocenters. The minimum absolute atomic E-state index is 0.00455. The van der Waals surface area contributed by atoms with E-state index in [9.17, 15) is 19.5 Å². The average Bonchev–Trinajstić information content (AvgIpc) is 2.50. The van der Waals surface area contributed by atoms with Crippen LogP contribution in [0.2, 0.25) is 0 Å². The maximum Gasteiger partial charge on any atom is 0.325 e. The zero-order valence-electron chi connectivity index (χ0n) is 12.0. The number of nitrogens with zero attached hydrogens (tertiary/aromatic N) is 1. The lowest BCUT2D eigenvalue weighted by Crippen LogP contribution is -2.49. The number of hydrogen-bond acceptors (Lipinski definition) is 4. The molecule has 0 fully saturated rings. The molecule has 0 spiro atoms. The fourth-order valence-corrected chi connectivity index (χ4v) is 1.61. The molecule has 1 rings (SSSR count). The first-order chi connectivity index (χ1) is 9.97. The van der Waals surface area contributed by atoms with E-state index >= 15 is 0 Å². The number of nitrogens with one attached hydrogen (secondary N) is 2. The van der Waals surface area contributed by atoms with Crippen LogP contribution in [0.25, 0.3) is 0 Å². The number of phenolic OH excluding ortho intramolecular Hbond substituents is 1. The number of urea groups is 2. The number of amides is 4. The van der Waals surface area contributed by atoms with Gasteiger partial charge in [-0.1, -0.05) is 19.1 Å². The second kappa shape index (κ2) is 7.88. The van der Waals surface area contributed by atoms with E-state index in [0.717, 1.165) is 10.5 Å². The number of rotatable bonds is 5. The maximum atomic E-state index is 12.0. The van der Waals surface area contributed by atoms with Crippen LogP contribution >= 0.6 is 0 Å². The highest BCUT2D eigenvalue weighted by Gasteiger charge is 2.22. The second-order valence-electron chi connectivity index (χ2n) is 4.60. The van der Waals surface area contributed by atoms with Crippen LogP contribution in [0, 0.1) is 5.92 Å². The summed E-state index contributed by atoms with van der Waals surface area (Å²) in [6.07, 6.45) is 0.684. The number of phenols is 1. The van der Waals surface area contributed by atoms with Crippen molar-refractivity contribution in [1.82, 2.24) is 15.5 Å². The van der Waals surface area contributed by atoms with Gasteiger partial charge in [0, 0.05) is 26.1 Å². The van der Waals surface area contributed by atoms with Gasteiger partial charge in [0.25, 0.3) is 0 Å². The van der Waals surface area contributed by atoms with E-state index in [0.29, 0.717) is 6.29 Å². The molecule has 0 aliphatic rings. The Morgan fingerprint density at radius 3 is 2.43 bits per heavy atom. The Bertz CT molecular complexity index is 501. The van der Waals surface area contributed by atoms with Crippen LogP contribution in [0.1, 0.15) is 12.5 Å². The van der Waals surface area contributed by atoms with Crippen LogP contribution in [0.4, 0.5) is 9.59 Å². The molecular weight excluding hydrogens is 274 g/mol. The highest BCUT2D eigenvalue weighted by atomic mass is 16.3. The van der Waals surface area contributed by atoms with E-state index in [1.54, 1.807) is 19.1 Å². The molecule has 1 aromatic rings. The zero-order valence-corrected chi connectivity index (χ0v) is 12.0. The lowest BCUT2D eigenvalue weighted by Gasteiger charge is -2.22. The van der Waals surface area contributed by atoms with Gasteiger partial charge < -0.3 is 20.5 Å². The van der Waals surface area contributed by atoms with Crippen molar-refractivity contribution in [2.45, 2.75) is 13.5 Å². The third kappa shape index (κ3) is 5.13. The molecule has 4 amide bonds. The summed E-state index contributed by atoms with van der Waals surface area (Å²) in [6.45, 7) is 1.84. The Hall–Kier alpha value is -2.57. The summed E-state index contributed by atoms with van der Waals surface area (Å²) in [7, 11) is 1.41. The molecule has 1 aromatic carbocycles. The summed E-state index contributed by atoms with van der Waals surface area (Å²) in [4.78, 5) is 35.3. The molecule has 21 heavy (non-hydrogen) atoms. The van der Waals surface area contributed by atoms with E-state index < -0.39 is 18.0 Å². The molecule has 0 radical (unpaired) electrons. The third-order valence-electron chi connectivity index (χ3n) is 2.79. The Morgan fingerprint density at radius 2 is 1.90 bits per heavy atom. The number of carbonyl (C=O) groups excluding carboxylic acids is 3. The summed E-state index contributed by atoms with van der Waals surface area (Å²) < 4.78 is 0. The van der Waals surface area contributed by atoms with Crippen LogP contribution in [0.3, 0.4) is 0 Å². The highest BCUT2D eigenvalue weighted by Crippen LogP contribution is 2.09. The van der Waals surface area contributed by atoms with Crippen molar-refractivity contribution in [3.63, 3.8) is 0 Å². The van der Waals surface area contributed by atoms with Gasteiger partial charge in [-0.05, 0) is 17.7 Å². The van der Waals surface area contributed by atoms with Gasteiger partial charge in [-0.3, -0.25) is 0 Å². The van der Waals surface area contributed by atoms with Crippen molar-refractivity contribution in [2.24, 2.45) is 5.92 Å². The molecule has 0 bridgehead atoms. The van der Waals surface area contributed by atoms with Crippen LogP contribution in [-0.2, 0) is 11.3 Å². The average molecular weight is 293 g/mol. The quantitative estimate of drug-likeness (QED) is 0.707. The Morgan fingerprint density at radius 1 is 1.29 bits per heavy atom. The minimum atomic E-state index is -0.587. The Kier molecular flexibility index (Phi) is 6.19. The van der Waals surface area contributed by atoms with Crippen molar-refractivity contribution >= 4 is 18.3 Å². The molecule has 7 heteroatoms. The lowest BCUT2D eigenvalue weighted by molar-refractivity contribution is -0.110. The first kappa shape index (κ1) is 16.5. The summed E-state index contributed by atoms with van der Waals surface area (Å²) in [5.74, 6) is -0.307. The number of aldehydes is 1. The minimum Gasteiger partial charge on any atom is -0.508 e. The number of carbonyl (C=O) groups is 3. The lowest BCUT2D eigenvalue weighted by atomic mass is 10.2. The van der Waals surface area contributed by atoms with Crippen molar-refractivity contribution < 1.29 is 19.5 Å². The number of aromatic hydroxyl groups is 1. The van der Waals surface area contributed by atoms with E-state index in [1.165, 1.54) is 19.2 Å². The van der Waals surface area contributed by atoms with E-state index in [-0.39, 0.29) is 18.8 Å². The molecule has 0 saturated heterocycles. The van der Waals surface area contributed by atoms with Crippen LogP contribution in [0.5, 0.6) is 5.75 Å². The van der Waals surface area contributed by atoms with Crippen molar-refractivity contribution in [3.8, 4) is 5.75 Å². The largest absolute Gasteiger partial charge is 0.508 e. The Labute approximate surface area is 122 Å². The van der Waals surface area contributed by atoms with Gasteiger partial charge in [0.2, 0.25) is 0 Å². The van der Waals surface area contributed by atoms with Gasteiger partial charge in [-0.15, -0.1) is 0 Å². The highest BCUT2D eigenvalue weighted by molar-refractivity contribution is 5.93. The summed E-state index contributed by atoms with van der Waals surface area (Å²) in [5, 5.41) is 14.1. The topological polar surface area (TPSA) is 98.7 Å². The van der Waals surface area contributed by atoms with E-state index in [2.05, 4.69) is 10.6 Å². The van der Waals surface area contributed by atoms with Gasteiger partial charge in [-0.2, -0.15) is 0 Å². The molecule has 1 atom stereocenters. The van der Waals surface area contributed by atoms with Gasteiger partial charge in [0.15, 0.2) is 0 Å². The van der Waals surface area contributed by atoms with E-state index in [1.807, 2.05) is 0 Å². The molecular formula is C14H19N3O4. The standard InChI is InChI=1S/C14H19N3O4/c1-10(9-18)8-17(13(20)15-2)14(21)16-7-11-3-5-12(19)6-4-11/h3-6,9-10,19H,7-8H2,1-2H3,(H,15,20)(H,16,21). The molecule has 0 aliphatic heterocycles. The van der Waals surface area contributed by atoms with Crippen molar-refractivity contribution in [2.75, 3.05) is 13.6 Å². The summed E-state index contributed by atoms with van der Waals surface area (Å²) in [5.41, 5.74) is 0.779. The molecule has 0 heterocycles. The van der Waals surface area contributed by atoms with Crippen LogP contribution in [-0.4, -0.2) is 41.9 Å². The first-order valence-corrected chi connectivity index (χ1v) is 6.48. The zero-order chi connectivity index (χ0) is 15.8. The summed E-state index contributed by atoms with van der Waals surface area (Å²) >= 11 is 0. The molecule has 7 nitrogen and oxygen atoms in total. The summed E-state index contributed by atoms with van der Waals surface area (Å²) in [6, 6.07) is 5.17. The predicted octanol–water partition coefficient (Wildman–Crippen LogP) is 1.08. The van der Waals surface area contributed by atoms with E-state index in [4.69, 9.17) is 0 Å². The SMILES string of the molecule is CNC(=O)N(CC(C)C=O)C(=O)NCc1ccc(O)cc1. The van der Waals surface area contributed by atoms with Crippen molar-refractivity contribution in [1.29, 1.82) is 0 Å². The normalized spacial score (nSPS) is 11.3. The van der Waals surface area contributed by atoms with Crippen LogP contribution < -0.4 is 10.6 Å². The molecule has 0 saturated carbocycles. The van der Waals surface area contributed by atoms with Gasteiger partial charge in [0.05, 0.1) is 0 Å². The maximum absolute atomic E-state index is 12.0. The van der Waals surface area contributed by atoms with Gasteiger partial charge in [0.1, 0.15) is 12.0 Å². The smallest absolute Gasteiger partial charge is 0.325 e. The van der Waals surface area contributed by atoms with Gasteiger partial charge >= 0.3 is 12.1 Å². The number of imide groups is 1.